The quantitative estimate of drug-likeness (QED) is 0.828. The minimum Gasteiger partial charge on any atom is -0.353 e. The predicted molar refractivity (Wildman–Crippen MR) is 68.4 cm³/mol. The van der Waals surface area contributed by atoms with Gasteiger partial charge in [0.15, 0.2) is 0 Å². The summed E-state index contributed by atoms with van der Waals surface area (Å²) in [6, 6.07) is 4.36. The van der Waals surface area contributed by atoms with E-state index in [4.69, 9.17) is 0 Å². The summed E-state index contributed by atoms with van der Waals surface area (Å²) in [7, 11) is 0. The maximum atomic E-state index is 10.7. The number of carbonyl (C=O) groups excluding carboxylic acids is 1. The van der Waals surface area contributed by atoms with Crippen molar-refractivity contribution in [2.24, 2.45) is 0 Å². The third kappa shape index (κ3) is 3.54. The van der Waals surface area contributed by atoms with Gasteiger partial charge in [0.1, 0.15) is 0 Å². The lowest BCUT2D eigenvalue weighted by molar-refractivity contribution is -0.118. The van der Waals surface area contributed by atoms with E-state index < -0.39 is 0 Å². The molecular weight excluding hydrogens is 198 g/mol. The molecule has 1 aromatic rings. The molecule has 2 heteroatoms. The van der Waals surface area contributed by atoms with Crippen molar-refractivity contribution in [3.8, 4) is 0 Å². The van der Waals surface area contributed by atoms with Gasteiger partial charge in [0, 0.05) is 13.5 Å². The summed E-state index contributed by atoms with van der Waals surface area (Å²) in [6.45, 7) is 8.44. The van der Waals surface area contributed by atoms with E-state index in [2.05, 4.69) is 44.3 Å². The molecule has 0 aliphatic heterocycles. The van der Waals surface area contributed by atoms with Crippen LogP contribution in [0.5, 0.6) is 0 Å². The summed E-state index contributed by atoms with van der Waals surface area (Å²) in [6.07, 6.45) is 4.02. The minimum absolute atomic E-state index is 0.00135. The normalized spacial score (nSPS) is 10.8. The Morgan fingerprint density at radius 3 is 2.44 bits per heavy atom. The summed E-state index contributed by atoms with van der Waals surface area (Å²) in [5.41, 5.74) is 5.09. The van der Waals surface area contributed by atoms with Gasteiger partial charge in [-0.3, -0.25) is 4.79 Å². The van der Waals surface area contributed by atoms with Gasteiger partial charge in [-0.15, -0.1) is 0 Å². The number of amides is 1. The highest BCUT2D eigenvalue weighted by Crippen LogP contribution is 2.16. The summed E-state index contributed by atoms with van der Waals surface area (Å²) in [4.78, 5) is 10.7. The van der Waals surface area contributed by atoms with Crippen molar-refractivity contribution in [2.45, 2.75) is 27.7 Å². The fourth-order valence-corrected chi connectivity index (χ4v) is 1.55. The van der Waals surface area contributed by atoms with Gasteiger partial charge in [-0.2, -0.15) is 0 Å². The maximum absolute atomic E-state index is 10.7. The van der Waals surface area contributed by atoms with E-state index in [0.29, 0.717) is 6.54 Å². The van der Waals surface area contributed by atoms with Crippen LogP contribution >= 0.6 is 0 Å². The van der Waals surface area contributed by atoms with E-state index in [9.17, 15) is 4.79 Å². The molecule has 1 aromatic carbocycles. The predicted octanol–water partition coefficient (Wildman–Crippen LogP) is 2.76. The number of aryl methyl sites for hydroxylation is 3. The Kier molecular flexibility index (Phi) is 4.29. The molecule has 0 saturated carbocycles. The number of hydrogen-bond acceptors (Lipinski definition) is 1. The molecule has 0 unspecified atom stereocenters. The standard InChI is InChI=1S/C14H19NO/c1-10-8-12(3)14(9-11(10)2)6-5-7-15-13(4)16/h5-6,8-9H,7H2,1-4H3,(H,15,16). The average Bonchev–Trinajstić information content (AvgIpc) is 2.19. The molecule has 0 spiro atoms. The molecule has 86 valence electrons. The van der Waals surface area contributed by atoms with Crippen LogP contribution in [-0.2, 0) is 4.79 Å². The van der Waals surface area contributed by atoms with Crippen LogP contribution in [0.4, 0.5) is 0 Å². The molecule has 1 rings (SSSR count). The minimum atomic E-state index is 0.00135. The van der Waals surface area contributed by atoms with Crippen LogP contribution in [-0.4, -0.2) is 12.5 Å². The lowest BCUT2D eigenvalue weighted by Gasteiger charge is -2.06. The van der Waals surface area contributed by atoms with Gasteiger partial charge >= 0.3 is 0 Å². The molecule has 16 heavy (non-hydrogen) atoms. The zero-order valence-electron chi connectivity index (χ0n) is 10.4. The number of hydrogen-bond donors (Lipinski definition) is 1. The summed E-state index contributed by atoms with van der Waals surface area (Å²) >= 11 is 0. The highest BCUT2D eigenvalue weighted by molar-refractivity contribution is 5.73. The maximum Gasteiger partial charge on any atom is 0.217 e. The molecule has 0 radical (unpaired) electrons. The van der Waals surface area contributed by atoms with E-state index in [1.807, 2.05) is 6.08 Å². The second-order valence-electron chi connectivity index (χ2n) is 4.13. The van der Waals surface area contributed by atoms with Crippen molar-refractivity contribution >= 4 is 12.0 Å². The Bertz CT molecular complexity index is 419. The molecule has 1 amide bonds. The first-order chi connectivity index (χ1) is 7.50. The van der Waals surface area contributed by atoms with E-state index in [-0.39, 0.29) is 5.91 Å². The molecule has 0 heterocycles. The van der Waals surface area contributed by atoms with E-state index in [0.717, 1.165) is 0 Å². The van der Waals surface area contributed by atoms with Gasteiger partial charge in [0.2, 0.25) is 5.91 Å². The highest BCUT2D eigenvalue weighted by Gasteiger charge is 1.98. The fourth-order valence-electron chi connectivity index (χ4n) is 1.55. The zero-order valence-corrected chi connectivity index (χ0v) is 10.4. The van der Waals surface area contributed by atoms with Crippen LogP contribution in [0, 0.1) is 20.8 Å². The van der Waals surface area contributed by atoms with E-state index in [1.54, 1.807) is 0 Å². The fraction of sp³-hybridized carbons (Fsp3) is 0.357. The number of nitrogens with one attached hydrogen (secondary N) is 1. The first kappa shape index (κ1) is 12.5. The largest absolute Gasteiger partial charge is 0.353 e. The number of rotatable bonds is 3. The van der Waals surface area contributed by atoms with E-state index in [1.165, 1.54) is 29.2 Å². The van der Waals surface area contributed by atoms with E-state index >= 15 is 0 Å². The smallest absolute Gasteiger partial charge is 0.217 e. The summed E-state index contributed by atoms with van der Waals surface area (Å²) in [5.74, 6) is 0.00135. The van der Waals surface area contributed by atoms with Gasteiger partial charge in [-0.25, -0.2) is 0 Å². The lowest BCUT2D eigenvalue weighted by atomic mass is 10.0. The molecule has 0 bridgehead atoms. The second-order valence-corrected chi connectivity index (χ2v) is 4.13. The van der Waals surface area contributed by atoms with Crippen molar-refractivity contribution in [2.75, 3.05) is 6.54 Å². The Morgan fingerprint density at radius 2 is 1.81 bits per heavy atom. The molecule has 0 aliphatic rings. The molecule has 0 atom stereocenters. The highest BCUT2D eigenvalue weighted by atomic mass is 16.1. The van der Waals surface area contributed by atoms with Crippen LogP contribution in [0.25, 0.3) is 6.08 Å². The zero-order chi connectivity index (χ0) is 12.1. The van der Waals surface area contributed by atoms with Crippen LogP contribution in [0.15, 0.2) is 18.2 Å². The molecule has 0 aliphatic carbocycles. The van der Waals surface area contributed by atoms with Crippen molar-refractivity contribution < 1.29 is 4.79 Å². The van der Waals surface area contributed by atoms with Crippen molar-refractivity contribution in [3.63, 3.8) is 0 Å². The lowest BCUT2D eigenvalue weighted by Crippen LogP contribution is -2.19. The van der Waals surface area contributed by atoms with Crippen LogP contribution in [0.3, 0.4) is 0 Å². The molecule has 0 saturated heterocycles. The SMILES string of the molecule is CC(=O)NCC=Cc1cc(C)c(C)cc1C. The third-order valence-corrected chi connectivity index (χ3v) is 2.65. The summed E-state index contributed by atoms with van der Waals surface area (Å²) < 4.78 is 0. The van der Waals surface area contributed by atoms with Crippen LogP contribution < -0.4 is 5.32 Å². The Hall–Kier alpha value is -1.57. The summed E-state index contributed by atoms with van der Waals surface area (Å²) in [5, 5.41) is 2.74. The number of carbonyl (C=O) groups is 1. The van der Waals surface area contributed by atoms with Gasteiger partial charge in [0.25, 0.3) is 0 Å². The second kappa shape index (κ2) is 5.50. The van der Waals surface area contributed by atoms with Crippen molar-refractivity contribution in [1.82, 2.24) is 5.32 Å². The molecular formula is C14H19NO. The molecule has 0 aromatic heterocycles. The number of benzene rings is 1. The van der Waals surface area contributed by atoms with Crippen molar-refractivity contribution in [3.05, 3.63) is 40.5 Å². The molecule has 1 N–H and O–H groups in total. The van der Waals surface area contributed by atoms with Gasteiger partial charge < -0.3 is 5.32 Å². The Balaban J connectivity index is 2.73. The molecule has 2 nitrogen and oxygen atoms in total. The monoisotopic (exact) mass is 217 g/mol. The average molecular weight is 217 g/mol. The third-order valence-electron chi connectivity index (χ3n) is 2.65. The first-order valence-electron chi connectivity index (χ1n) is 5.49. The van der Waals surface area contributed by atoms with Crippen molar-refractivity contribution in [1.29, 1.82) is 0 Å². The van der Waals surface area contributed by atoms with Gasteiger partial charge in [-0.1, -0.05) is 24.3 Å². The van der Waals surface area contributed by atoms with Crippen LogP contribution in [0.2, 0.25) is 0 Å². The van der Waals surface area contributed by atoms with Crippen LogP contribution in [0.1, 0.15) is 29.2 Å². The first-order valence-corrected chi connectivity index (χ1v) is 5.49. The Morgan fingerprint density at radius 1 is 1.19 bits per heavy atom. The Labute approximate surface area is 97.4 Å². The topological polar surface area (TPSA) is 29.1 Å². The van der Waals surface area contributed by atoms with Gasteiger partial charge in [0.05, 0.1) is 0 Å². The van der Waals surface area contributed by atoms with Gasteiger partial charge in [-0.05, 0) is 43.0 Å². The molecule has 0 fully saturated rings.